The number of fused-ring (bicyclic) bond motifs is 1. The fraction of sp³-hybridized carbons (Fsp3) is 0.138. The molecule has 1 saturated heterocycles. The van der Waals surface area contributed by atoms with Gasteiger partial charge in [0.25, 0.3) is 11.5 Å². The summed E-state index contributed by atoms with van der Waals surface area (Å²) in [5, 5.41) is 31.3. The molecule has 4 heterocycles. The lowest BCUT2D eigenvalue weighted by molar-refractivity contribution is -0.384. The highest BCUT2D eigenvalue weighted by Gasteiger charge is 2.49. The van der Waals surface area contributed by atoms with Crippen LogP contribution in [0.25, 0.3) is 11.4 Å². The molecular formula is C29H21FN6O5S2. The van der Waals surface area contributed by atoms with E-state index in [-0.39, 0.29) is 27.9 Å². The molecule has 0 radical (unpaired) electrons. The number of hydrogen-bond acceptors (Lipinski definition) is 10. The molecule has 1 fully saturated rings. The fourth-order valence-electron chi connectivity index (χ4n) is 4.88. The Morgan fingerprint density at radius 3 is 2.49 bits per heavy atom. The minimum atomic E-state index is -1.16. The first-order valence-corrected chi connectivity index (χ1v) is 14.6. The van der Waals surface area contributed by atoms with E-state index in [1.807, 2.05) is 19.1 Å². The van der Waals surface area contributed by atoms with Crippen LogP contribution in [0.15, 0.2) is 76.8 Å². The van der Waals surface area contributed by atoms with Crippen molar-refractivity contribution in [3.05, 3.63) is 116 Å². The second-order valence-corrected chi connectivity index (χ2v) is 11.9. The summed E-state index contributed by atoms with van der Waals surface area (Å²) < 4.78 is 15.5. The number of hydrogen-bond donors (Lipinski definition) is 1. The van der Waals surface area contributed by atoms with Crippen molar-refractivity contribution in [1.29, 1.82) is 0 Å². The van der Waals surface area contributed by atoms with Gasteiger partial charge in [-0.3, -0.25) is 24.6 Å². The summed E-state index contributed by atoms with van der Waals surface area (Å²) in [7, 11) is 0. The molecule has 0 spiro atoms. The van der Waals surface area contributed by atoms with Crippen LogP contribution in [-0.4, -0.2) is 41.3 Å². The molecule has 1 amide bonds. The quantitative estimate of drug-likeness (QED) is 0.0458. The third-order valence-electron chi connectivity index (χ3n) is 7.05. The molecule has 0 bridgehead atoms. The number of benzene rings is 2. The van der Waals surface area contributed by atoms with Gasteiger partial charge in [0.15, 0.2) is 10.1 Å². The van der Waals surface area contributed by atoms with Gasteiger partial charge < -0.3 is 9.51 Å². The third-order valence-corrected chi connectivity index (χ3v) is 9.18. The summed E-state index contributed by atoms with van der Waals surface area (Å²) in [5.74, 6) is -2.24. The van der Waals surface area contributed by atoms with Crippen LogP contribution in [0.2, 0.25) is 0 Å². The average Bonchev–Trinajstić information content (AvgIpc) is 3.68. The van der Waals surface area contributed by atoms with E-state index in [9.17, 15) is 29.2 Å². The van der Waals surface area contributed by atoms with Crippen LogP contribution in [0.1, 0.15) is 34.1 Å². The molecule has 5 aromatic rings. The number of rotatable bonds is 7. The fourth-order valence-corrected chi connectivity index (χ4v) is 6.70. The second kappa shape index (κ2) is 11.0. The van der Waals surface area contributed by atoms with E-state index in [1.54, 1.807) is 29.7 Å². The molecule has 14 heteroatoms. The van der Waals surface area contributed by atoms with Crippen LogP contribution in [0.5, 0.6) is 0 Å². The van der Waals surface area contributed by atoms with E-state index in [0.717, 1.165) is 27.4 Å². The molecule has 1 unspecified atom stereocenters. The van der Waals surface area contributed by atoms with Crippen molar-refractivity contribution in [2.24, 2.45) is 0 Å². The Bertz CT molecular complexity index is 1950. The number of non-ortho nitro benzene ring substituents is 1. The monoisotopic (exact) mass is 616 g/mol. The van der Waals surface area contributed by atoms with Crippen molar-refractivity contribution in [3.8, 4) is 0 Å². The average molecular weight is 617 g/mol. The van der Waals surface area contributed by atoms with Crippen molar-refractivity contribution in [2.75, 3.05) is 4.90 Å². The molecule has 216 valence electrons. The number of carbonyl (C=O) groups excluding carboxylic acids is 2. The topological polar surface area (TPSA) is 144 Å². The number of imidazole rings is 1. The van der Waals surface area contributed by atoms with E-state index in [1.165, 1.54) is 48.2 Å². The van der Waals surface area contributed by atoms with Crippen molar-refractivity contribution < 1.29 is 24.0 Å². The van der Waals surface area contributed by atoms with E-state index in [4.69, 9.17) is 0 Å². The van der Waals surface area contributed by atoms with Crippen molar-refractivity contribution in [1.82, 2.24) is 19.6 Å². The first kappa shape index (κ1) is 28.2. The minimum absolute atomic E-state index is 0.105. The number of aromatic nitrogens is 4. The number of nitro groups is 1. The molecule has 3 aromatic heterocycles. The number of anilines is 1. The first-order chi connectivity index (χ1) is 20.6. The van der Waals surface area contributed by atoms with Crippen molar-refractivity contribution in [3.63, 3.8) is 0 Å². The van der Waals surface area contributed by atoms with E-state index in [0.29, 0.717) is 27.0 Å². The number of ketones is 1. The maximum atomic E-state index is 13.6. The van der Waals surface area contributed by atoms with Gasteiger partial charge in [-0.1, -0.05) is 41.3 Å². The van der Waals surface area contributed by atoms with Crippen molar-refractivity contribution in [2.45, 2.75) is 30.0 Å². The van der Waals surface area contributed by atoms with Gasteiger partial charge in [0.2, 0.25) is 5.13 Å². The number of pyridine rings is 1. The maximum absolute atomic E-state index is 13.6. The number of thioether (sulfide) groups is 1. The first-order valence-electron chi connectivity index (χ1n) is 12.8. The zero-order chi connectivity index (χ0) is 30.4. The molecule has 11 nitrogen and oxygen atoms in total. The molecule has 0 saturated carbocycles. The Kier molecular flexibility index (Phi) is 7.23. The Balaban J connectivity index is 1.44. The molecule has 1 atom stereocenters. The summed E-state index contributed by atoms with van der Waals surface area (Å²) in [6.07, 6.45) is 1.78. The summed E-state index contributed by atoms with van der Waals surface area (Å²) in [6, 6.07) is 13.9. The number of amides is 1. The summed E-state index contributed by atoms with van der Waals surface area (Å²) in [5.41, 5.74) is 2.91. The van der Waals surface area contributed by atoms with Gasteiger partial charge in [0, 0.05) is 24.1 Å². The van der Waals surface area contributed by atoms with Gasteiger partial charge in [-0.05, 0) is 60.9 Å². The summed E-state index contributed by atoms with van der Waals surface area (Å²) in [4.78, 5) is 43.6. The number of nitrogens with zero attached hydrogens (tertiary/aromatic N) is 6. The summed E-state index contributed by atoms with van der Waals surface area (Å²) in [6.45, 7) is 3.60. The van der Waals surface area contributed by atoms with Crippen LogP contribution >= 0.6 is 23.1 Å². The molecule has 1 aliphatic heterocycles. The van der Waals surface area contributed by atoms with Gasteiger partial charge >= 0.3 is 5.91 Å². The molecular weight excluding hydrogens is 595 g/mol. The van der Waals surface area contributed by atoms with Crippen LogP contribution in [0.3, 0.4) is 0 Å². The maximum Gasteiger partial charge on any atom is 0.301 e. The number of carbonyl (C=O) groups is 2. The Morgan fingerprint density at radius 2 is 1.81 bits per heavy atom. The lowest BCUT2D eigenvalue weighted by atomic mass is 9.96. The van der Waals surface area contributed by atoms with Crippen LogP contribution in [0.4, 0.5) is 15.2 Å². The Labute approximate surface area is 251 Å². The van der Waals surface area contributed by atoms with Crippen LogP contribution in [-0.2, 0) is 15.3 Å². The van der Waals surface area contributed by atoms with Gasteiger partial charge in [-0.25, -0.2) is 9.37 Å². The lowest BCUT2D eigenvalue weighted by Crippen LogP contribution is -2.29. The predicted molar refractivity (Wildman–Crippen MR) is 158 cm³/mol. The third kappa shape index (κ3) is 5.04. The number of aliphatic hydroxyl groups is 1. The zero-order valence-corrected chi connectivity index (χ0v) is 24.2. The molecule has 0 aliphatic carbocycles. The number of aliphatic hydroxyl groups excluding tert-OH is 1. The van der Waals surface area contributed by atoms with Gasteiger partial charge in [-0.2, -0.15) is 0 Å². The molecule has 1 N–H and O–H groups in total. The zero-order valence-electron chi connectivity index (χ0n) is 22.6. The highest BCUT2D eigenvalue weighted by Crippen LogP contribution is 2.44. The minimum Gasteiger partial charge on any atom is -0.505 e. The normalized spacial score (nSPS) is 16.3. The Morgan fingerprint density at radius 1 is 1.09 bits per heavy atom. The molecule has 1 aliphatic rings. The van der Waals surface area contributed by atoms with E-state index < -0.39 is 28.4 Å². The lowest BCUT2D eigenvalue weighted by Gasteiger charge is -2.22. The van der Waals surface area contributed by atoms with E-state index >= 15 is 0 Å². The highest BCUT2D eigenvalue weighted by molar-refractivity contribution is 8.00. The SMILES string of the molecule is Cc1cccn2c(C)c(C(O)=C3C(=O)C(=O)N(c4nnc(SCc5ccc(F)cc5)s4)C3c3ccc([N+](=O)[O-])cc3)nc12. The Hall–Kier alpha value is -4.95. The van der Waals surface area contributed by atoms with Crippen LogP contribution in [0, 0.1) is 29.8 Å². The van der Waals surface area contributed by atoms with Crippen molar-refractivity contribution >= 4 is 57.0 Å². The summed E-state index contributed by atoms with van der Waals surface area (Å²) >= 11 is 2.39. The number of Topliss-reactive ketones (excluding diaryl/α,β-unsaturated/α-hetero) is 1. The van der Waals surface area contributed by atoms with Gasteiger partial charge in [0.1, 0.15) is 17.2 Å². The predicted octanol–water partition coefficient (Wildman–Crippen LogP) is 5.77. The highest BCUT2D eigenvalue weighted by atomic mass is 32.2. The molecule has 6 rings (SSSR count). The van der Waals surface area contributed by atoms with E-state index in [2.05, 4.69) is 15.2 Å². The molecule has 2 aromatic carbocycles. The van der Waals surface area contributed by atoms with Gasteiger partial charge in [0.05, 0.1) is 22.2 Å². The largest absolute Gasteiger partial charge is 0.505 e. The number of aryl methyl sites for hydroxylation is 2. The van der Waals surface area contributed by atoms with Gasteiger partial charge in [-0.15, -0.1) is 10.2 Å². The standard InChI is InChI=1S/C29H21FN6O5S2/c1-15-4-3-13-34-16(2)22(31-26(15)34)24(37)21-23(18-7-11-20(12-8-18)36(40)41)35(27(39)25(21)38)28-32-33-29(43-28)42-14-17-5-9-19(30)10-6-17/h3-13,23,37H,14H2,1-2H3. The number of halogens is 1. The second-order valence-electron chi connectivity index (χ2n) is 9.71. The van der Waals surface area contributed by atoms with Crippen LogP contribution < -0.4 is 4.90 Å². The molecule has 43 heavy (non-hydrogen) atoms. The number of nitro benzene ring substituents is 1. The smallest absolute Gasteiger partial charge is 0.301 e.